The molecule has 1 aromatic rings. The third-order valence-electron chi connectivity index (χ3n) is 2.86. The number of carboxylic acids is 1. The van der Waals surface area contributed by atoms with E-state index in [1.54, 1.807) is 27.0 Å². The number of nitrogens with zero attached hydrogens (tertiary/aromatic N) is 1. The number of carboxylic acid groups (broad SMARTS) is 1. The molecule has 7 nitrogen and oxygen atoms in total. The number of amides is 2. The number of urea groups is 1. The quantitative estimate of drug-likeness (QED) is 0.750. The van der Waals surface area contributed by atoms with Gasteiger partial charge in [-0.05, 0) is 27.7 Å². The van der Waals surface area contributed by atoms with Crippen molar-refractivity contribution in [3.8, 4) is 0 Å². The number of carbonyl (C=O) groups excluding carboxylic acids is 1. The molecule has 106 valence electrons. The molecule has 0 saturated heterocycles. The van der Waals surface area contributed by atoms with Gasteiger partial charge in [0.1, 0.15) is 11.8 Å². The molecule has 3 N–H and O–H groups in total. The van der Waals surface area contributed by atoms with E-state index < -0.39 is 24.0 Å². The van der Waals surface area contributed by atoms with Crippen LogP contribution < -0.4 is 10.6 Å². The van der Waals surface area contributed by atoms with Crippen LogP contribution in [0.15, 0.2) is 10.6 Å². The SMILES string of the molecule is Cc1cnc(C(C)NC(=O)NC(C)C(C)C(=O)O)o1. The van der Waals surface area contributed by atoms with Gasteiger partial charge in [0.25, 0.3) is 0 Å². The number of hydrogen-bond acceptors (Lipinski definition) is 4. The molecule has 1 rings (SSSR count). The molecule has 0 aromatic carbocycles. The Kier molecular flexibility index (Phi) is 4.91. The van der Waals surface area contributed by atoms with Gasteiger partial charge < -0.3 is 20.2 Å². The molecule has 19 heavy (non-hydrogen) atoms. The number of aromatic nitrogens is 1. The number of aryl methyl sites for hydroxylation is 1. The van der Waals surface area contributed by atoms with E-state index in [4.69, 9.17) is 9.52 Å². The Bertz CT molecular complexity index is 458. The summed E-state index contributed by atoms with van der Waals surface area (Å²) in [6.07, 6.45) is 1.57. The molecule has 1 heterocycles. The van der Waals surface area contributed by atoms with Gasteiger partial charge in [-0.25, -0.2) is 9.78 Å². The smallest absolute Gasteiger partial charge is 0.315 e. The van der Waals surface area contributed by atoms with Gasteiger partial charge in [-0.15, -0.1) is 0 Å². The minimum Gasteiger partial charge on any atom is -0.481 e. The third-order valence-corrected chi connectivity index (χ3v) is 2.86. The largest absolute Gasteiger partial charge is 0.481 e. The fraction of sp³-hybridized carbons (Fsp3) is 0.583. The molecule has 0 fully saturated rings. The molecule has 2 amide bonds. The Hall–Kier alpha value is -2.05. The Labute approximate surface area is 111 Å². The zero-order chi connectivity index (χ0) is 14.6. The van der Waals surface area contributed by atoms with Crippen molar-refractivity contribution in [2.75, 3.05) is 0 Å². The Morgan fingerprint density at radius 1 is 1.32 bits per heavy atom. The van der Waals surface area contributed by atoms with E-state index in [1.807, 2.05) is 0 Å². The predicted molar refractivity (Wildman–Crippen MR) is 67.6 cm³/mol. The molecular weight excluding hydrogens is 250 g/mol. The van der Waals surface area contributed by atoms with Gasteiger partial charge in [0.2, 0.25) is 5.89 Å². The monoisotopic (exact) mass is 269 g/mol. The van der Waals surface area contributed by atoms with Gasteiger partial charge in [-0.3, -0.25) is 4.79 Å². The molecule has 7 heteroatoms. The average Bonchev–Trinajstić information content (AvgIpc) is 2.74. The van der Waals surface area contributed by atoms with E-state index in [-0.39, 0.29) is 6.04 Å². The van der Waals surface area contributed by atoms with Gasteiger partial charge in [-0.1, -0.05) is 0 Å². The summed E-state index contributed by atoms with van der Waals surface area (Å²) in [5.41, 5.74) is 0. The lowest BCUT2D eigenvalue weighted by Crippen LogP contribution is -2.45. The second-order valence-corrected chi connectivity index (χ2v) is 4.56. The number of nitrogens with one attached hydrogen (secondary N) is 2. The van der Waals surface area contributed by atoms with Crippen LogP contribution in [-0.4, -0.2) is 28.1 Å². The minimum atomic E-state index is -0.954. The highest BCUT2D eigenvalue weighted by atomic mass is 16.4. The minimum absolute atomic E-state index is 0.388. The van der Waals surface area contributed by atoms with Crippen molar-refractivity contribution in [2.24, 2.45) is 5.92 Å². The lowest BCUT2D eigenvalue weighted by molar-refractivity contribution is -0.141. The molecule has 0 spiro atoms. The predicted octanol–water partition coefficient (Wildman–Crippen LogP) is 1.45. The van der Waals surface area contributed by atoms with Gasteiger partial charge in [-0.2, -0.15) is 0 Å². The lowest BCUT2D eigenvalue weighted by Gasteiger charge is -2.19. The van der Waals surface area contributed by atoms with Crippen LogP contribution in [0, 0.1) is 12.8 Å². The van der Waals surface area contributed by atoms with E-state index in [9.17, 15) is 9.59 Å². The topological polar surface area (TPSA) is 104 Å². The summed E-state index contributed by atoms with van der Waals surface area (Å²) in [7, 11) is 0. The Balaban J connectivity index is 2.49. The van der Waals surface area contributed by atoms with Crippen molar-refractivity contribution in [3.05, 3.63) is 17.8 Å². The van der Waals surface area contributed by atoms with Crippen molar-refractivity contribution in [2.45, 2.75) is 39.8 Å². The maximum absolute atomic E-state index is 11.7. The van der Waals surface area contributed by atoms with E-state index in [0.29, 0.717) is 11.7 Å². The number of oxazole rings is 1. The summed E-state index contributed by atoms with van der Waals surface area (Å²) in [5.74, 6) is -0.544. The van der Waals surface area contributed by atoms with Crippen LogP contribution in [0.25, 0.3) is 0 Å². The van der Waals surface area contributed by atoms with Crippen LogP contribution >= 0.6 is 0 Å². The highest BCUT2D eigenvalue weighted by Gasteiger charge is 2.22. The van der Waals surface area contributed by atoms with Gasteiger partial charge in [0.15, 0.2) is 0 Å². The second kappa shape index (κ2) is 6.21. The fourth-order valence-corrected chi connectivity index (χ4v) is 1.42. The number of rotatable bonds is 5. The van der Waals surface area contributed by atoms with E-state index in [1.165, 1.54) is 6.92 Å². The van der Waals surface area contributed by atoms with Gasteiger partial charge in [0, 0.05) is 6.04 Å². The first-order chi connectivity index (χ1) is 8.81. The zero-order valence-electron chi connectivity index (χ0n) is 11.4. The Morgan fingerprint density at radius 2 is 1.95 bits per heavy atom. The third kappa shape index (κ3) is 4.27. The van der Waals surface area contributed by atoms with Crippen LogP contribution in [0.5, 0.6) is 0 Å². The highest BCUT2D eigenvalue weighted by molar-refractivity contribution is 5.76. The summed E-state index contributed by atoms with van der Waals surface area (Å²) in [6.45, 7) is 6.67. The molecule has 3 unspecified atom stereocenters. The summed E-state index contributed by atoms with van der Waals surface area (Å²) >= 11 is 0. The molecule has 0 aliphatic heterocycles. The molecule has 0 saturated carbocycles. The van der Waals surface area contributed by atoms with Crippen molar-refractivity contribution < 1.29 is 19.1 Å². The average molecular weight is 269 g/mol. The van der Waals surface area contributed by atoms with Crippen molar-refractivity contribution >= 4 is 12.0 Å². The number of hydrogen-bond donors (Lipinski definition) is 3. The highest BCUT2D eigenvalue weighted by Crippen LogP contribution is 2.11. The van der Waals surface area contributed by atoms with Crippen molar-refractivity contribution in [1.29, 1.82) is 0 Å². The molecular formula is C12H19N3O4. The van der Waals surface area contributed by atoms with Crippen LogP contribution in [0.3, 0.4) is 0 Å². The first-order valence-electron chi connectivity index (χ1n) is 6.03. The van der Waals surface area contributed by atoms with E-state index >= 15 is 0 Å². The van der Waals surface area contributed by atoms with Crippen molar-refractivity contribution in [3.63, 3.8) is 0 Å². The van der Waals surface area contributed by atoms with Crippen LogP contribution in [0.2, 0.25) is 0 Å². The standard InChI is InChI=1S/C12H19N3O4/c1-6-5-13-10(19-6)9(4)15-12(18)14-8(3)7(2)11(16)17/h5,7-9H,1-4H3,(H,16,17)(H2,14,15,18). The molecule has 1 aromatic heterocycles. The zero-order valence-corrected chi connectivity index (χ0v) is 11.4. The molecule has 0 bridgehead atoms. The van der Waals surface area contributed by atoms with E-state index in [0.717, 1.165) is 0 Å². The van der Waals surface area contributed by atoms with Gasteiger partial charge >= 0.3 is 12.0 Å². The summed E-state index contributed by atoms with van der Waals surface area (Å²) in [4.78, 5) is 26.5. The van der Waals surface area contributed by atoms with Gasteiger partial charge in [0.05, 0.1) is 12.1 Å². The number of carbonyl (C=O) groups is 2. The van der Waals surface area contributed by atoms with E-state index in [2.05, 4.69) is 15.6 Å². The summed E-state index contributed by atoms with van der Waals surface area (Å²) in [5, 5.41) is 14.0. The number of aliphatic carboxylic acids is 1. The summed E-state index contributed by atoms with van der Waals surface area (Å²) in [6, 6.07) is -1.32. The second-order valence-electron chi connectivity index (χ2n) is 4.56. The Morgan fingerprint density at radius 3 is 2.42 bits per heavy atom. The molecule has 0 radical (unpaired) electrons. The fourth-order valence-electron chi connectivity index (χ4n) is 1.42. The first-order valence-corrected chi connectivity index (χ1v) is 6.03. The maximum Gasteiger partial charge on any atom is 0.315 e. The molecule has 3 atom stereocenters. The lowest BCUT2D eigenvalue weighted by atomic mass is 10.0. The van der Waals surface area contributed by atoms with Crippen LogP contribution in [-0.2, 0) is 4.79 Å². The maximum atomic E-state index is 11.7. The molecule has 0 aliphatic carbocycles. The molecule has 0 aliphatic rings. The normalized spacial score (nSPS) is 15.4. The van der Waals surface area contributed by atoms with Crippen molar-refractivity contribution in [1.82, 2.24) is 15.6 Å². The van der Waals surface area contributed by atoms with Crippen LogP contribution in [0.4, 0.5) is 4.79 Å². The first kappa shape index (κ1) is 15.0. The summed E-state index contributed by atoms with van der Waals surface area (Å²) < 4.78 is 5.29. The van der Waals surface area contributed by atoms with Crippen LogP contribution in [0.1, 0.15) is 38.5 Å².